The molecule has 0 aliphatic carbocycles. The van der Waals surface area contributed by atoms with Crippen molar-refractivity contribution in [3.63, 3.8) is 0 Å². The summed E-state index contributed by atoms with van der Waals surface area (Å²) in [5.74, 6) is 0. The minimum absolute atomic E-state index is 0. The van der Waals surface area contributed by atoms with Crippen LogP contribution in [0.2, 0.25) is 0 Å². The summed E-state index contributed by atoms with van der Waals surface area (Å²) < 4.78 is 29.2. The highest BCUT2D eigenvalue weighted by atomic mass is 32.2. The molecule has 0 heterocycles. The second-order valence-corrected chi connectivity index (χ2v) is 5.87. The number of benzene rings is 2. The molecule has 5 N–H and O–H groups in total. The molecule has 0 radical (unpaired) electrons. The van der Waals surface area contributed by atoms with Gasteiger partial charge in [-0.1, -0.05) is 53.1 Å². The molecule has 0 atom stereocenters. The van der Waals surface area contributed by atoms with E-state index in [-0.39, 0.29) is 15.8 Å². The standard InChI is InChI=1S/C9H12.C6H6O3S.2H2O/c1-7-4-8(2)6-9(3)5-7;7-10(8,9)6-4-2-1-3-5-6;;/h4-6H,1-3H3;1-5H,(H,7,8,9);2*1H2. The van der Waals surface area contributed by atoms with E-state index in [0.717, 1.165) is 0 Å². The van der Waals surface area contributed by atoms with Gasteiger partial charge in [0.2, 0.25) is 0 Å². The van der Waals surface area contributed by atoms with Crippen LogP contribution >= 0.6 is 0 Å². The van der Waals surface area contributed by atoms with Crippen LogP contribution in [-0.2, 0) is 10.1 Å². The van der Waals surface area contributed by atoms with Gasteiger partial charge in [0.15, 0.2) is 0 Å². The summed E-state index contributed by atoms with van der Waals surface area (Å²) >= 11 is 0. The average Bonchev–Trinajstić information content (AvgIpc) is 2.28. The van der Waals surface area contributed by atoms with E-state index in [1.54, 1.807) is 18.2 Å². The predicted octanol–water partition coefficient (Wildman–Crippen LogP) is 1.90. The molecule has 5 nitrogen and oxygen atoms in total. The van der Waals surface area contributed by atoms with Gasteiger partial charge in [-0.25, -0.2) is 0 Å². The van der Waals surface area contributed by atoms with Crippen molar-refractivity contribution in [2.75, 3.05) is 0 Å². The van der Waals surface area contributed by atoms with Crippen LogP contribution in [0.15, 0.2) is 53.4 Å². The molecule has 0 saturated carbocycles. The maximum absolute atomic E-state index is 10.4. The molecule has 2 aromatic rings. The first kappa shape index (κ1) is 21.6. The van der Waals surface area contributed by atoms with Gasteiger partial charge in [-0.15, -0.1) is 0 Å². The van der Waals surface area contributed by atoms with Crippen LogP contribution in [0.4, 0.5) is 0 Å². The molecule has 0 fully saturated rings. The second-order valence-electron chi connectivity index (χ2n) is 4.45. The van der Waals surface area contributed by atoms with Gasteiger partial charge in [0.1, 0.15) is 0 Å². The van der Waals surface area contributed by atoms with Gasteiger partial charge in [0.05, 0.1) is 4.90 Å². The van der Waals surface area contributed by atoms with Crippen molar-refractivity contribution < 1.29 is 23.9 Å². The Labute approximate surface area is 125 Å². The maximum atomic E-state index is 10.4. The predicted molar refractivity (Wildman–Crippen MR) is 84.1 cm³/mol. The third-order valence-corrected chi connectivity index (χ3v) is 3.27. The molecule has 0 amide bonds. The fourth-order valence-corrected chi connectivity index (χ4v) is 2.30. The van der Waals surface area contributed by atoms with Crippen molar-refractivity contribution in [2.45, 2.75) is 25.7 Å². The molecular formula is C15H22O5S. The Hall–Kier alpha value is -1.73. The first-order valence-electron chi connectivity index (χ1n) is 5.86. The highest BCUT2D eigenvalue weighted by Gasteiger charge is 2.05. The molecule has 118 valence electrons. The summed E-state index contributed by atoms with van der Waals surface area (Å²) in [4.78, 5) is -0.0741. The fourth-order valence-electron chi connectivity index (χ4n) is 1.79. The van der Waals surface area contributed by atoms with Crippen LogP contribution in [-0.4, -0.2) is 23.9 Å². The molecule has 0 aliphatic heterocycles. The minimum Gasteiger partial charge on any atom is -0.412 e. The Bertz CT molecular complexity index is 586. The summed E-state index contributed by atoms with van der Waals surface area (Å²) in [5.41, 5.74) is 4.06. The minimum atomic E-state index is -4.00. The van der Waals surface area contributed by atoms with Gasteiger partial charge in [0.25, 0.3) is 10.1 Å². The van der Waals surface area contributed by atoms with Crippen molar-refractivity contribution >= 4 is 10.1 Å². The van der Waals surface area contributed by atoms with E-state index >= 15 is 0 Å². The lowest BCUT2D eigenvalue weighted by atomic mass is 10.1. The molecule has 6 heteroatoms. The molecule has 0 unspecified atom stereocenters. The average molecular weight is 314 g/mol. The summed E-state index contributed by atoms with van der Waals surface area (Å²) in [7, 11) is -4.00. The first-order chi connectivity index (χ1) is 8.79. The molecule has 0 spiro atoms. The summed E-state index contributed by atoms with van der Waals surface area (Å²) in [5, 5.41) is 0. The van der Waals surface area contributed by atoms with E-state index in [9.17, 15) is 8.42 Å². The molecule has 0 aromatic heterocycles. The van der Waals surface area contributed by atoms with E-state index in [1.807, 2.05) is 0 Å². The van der Waals surface area contributed by atoms with Crippen LogP contribution in [0.3, 0.4) is 0 Å². The van der Waals surface area contributed by atoms with E-state index in [4.69, 9.17) is 4.55 Å². The van der Waals surface area contributed by atoms with Crippen molar-refractivity contribution in [2.24, 2.45) is 0 Å². The zero-order valence-corrected chi connectivity index (χ0v) is 13.1. The molecule has 2 aromatic carbocycles. The molecule has 0 aliphatic rings. The highest BCUT2D eigenvalue weighted by molar-refractivity contribution is 7.85. The zero-order chi connectivity index (χ0) is 14.5. The van der Waals surface area contributed by atoms with E-state index in [1.165, 1.54) is 28.8 Å². The summed E-state index contributed by atoms with van der Waals surface area (Å²) in [6.45, 7) is 6.38. The molecule has 21 heavy (non-hydrogen) atoms. The van der Waals surface area contributed by atoms with Gasteiger partial charge in [-0.05, 0) is 32.9 Å². The lowest BCUT2D eigenvalue weighted by molar-refractivity contribution is 0.483. The normalized spacial score (nSPS) is 9.52. The third kappa shape index (κ3) is 8.21. The molecular weight excluding hydrogens is 292 g/mol. The lowest BCUT2D eigenvalue weighted by Gasteiger charge is -1.96. The van der Waals surface area contributed by atoms with Crippen molar-refractivity contribution in [3.8, 4) is 0 Å². The smallest absolute Gasteiger partial charge is 0.294 e. The van der Waals surface area contributed by atoms with Crippen LogP contribution in [0.5, 0.6) is 0 Å². The van der Waals surface area contributed by atoms with Gasteiger partial charge in [-0.2, -0.15) is 8.42 Å². The monoisotopic (exact) mass is 314 g/mol. The Morgan fingerprint density at radius 2 is 1.10 bits per heavy atom. The quantitative estimate of drug-likeness (QED) is 0.810. The van der Waals surface area contributed by atoms with Crippen molar-refractivity contribution in [3.05, 3.63) is 65.2 Å². The van der Waals surface area contributed by atoms with E-state index in [0.29, 0.717) is 0 Å². The van der Waals surface area contributed by atoms with E-state index < -0.39 is 10.1 Å². The number of hydrogen-bond acceptors (Lipinski definition) is 2. The number of hydrogen-bond donors (Lipinski definition) is 1. The van der Waals surface area contributed by atoms with Crippen LogP contribution in [0.1, 0.15) is 16.7 Å². The molecule has 2 rings (SSSR count). The van der Waals surface area contributed by atoms with Gasteiger partial charge in [-0.3, -0.25) is 4.55 Å². The van der Waals surface area contributed by atoms with Gasteiger partial charge < -0.3 is 11.0 Å². The summed E-state index contributed by atoms with van der Waals surface area (Å²) in [6.07, 6.45) is 0. The van der Waals surface area contributed by atoms with Gasteiger partial charge in [0, 0.05) is 0 Å². The van der Waals surface area contributed by atoms with Crippen LogP contribution in [0.25, 0.3) is 0 Å². The topological polar surface area (TPSA) is 117 Å². The Morgan fingerprint density at radius 1 is 0.762 bits per heavy atom. The Morgan fingerprint density at radius 3 is 1.33 bits per heavy atom. The third-order valence-electron chi connectivity index (χ3n) is 2.41. The maximum Gasteiger partial charge on any atom is 0.294 e. The molecule has 0 saturated heterocycles. The fraction of sp³-hybridized carbons (Fsp3) is 0.200. The van der Waals surface area contributed by atoms with Gasteiger partial charge >= 0.3 is 0 Å². The SMILES string of the molecule is Cc1cc(C)cc(C)c1.O.O.O=S(=O)(O)c1ccccc1. The number of rotatable bonds is 1. The van der Waals surface area contributed by atoms with Crippen LogP contribution < -0.4 is 0 Å². The first-order valence-corrected chi connectivity index (χ1v) is 7.30. The second kappa shape index (κ2) is 9.25. The highest BCUT2D eigenvalue weighted by Crippen LogP contribution is 2.06. The Balaban J connectivity index is 0. The lowest BCUT2D eigenvalue weighted by Crippen LogP contribution is -1.96. The van der Waals surface area contributed by atoms with E-state index in [2.05, 4.69) is 39.0 Å². The molecule has 0 bridgehead atoms. The number of aryl methyl sites for hydroxylation is 3. The van der Waals surface area contributed by atoms with Crippen molar-refractivity contribution in [1.82, 2.24) is 0 Å². The van der Waals surface area contributed by atoms with Crippen molar-refractivity contribution in [1.29, 1.82) is 0 Å². The summed E-state index contributed by atoms with van der Waals surface area (Å²) in [6, 6.07) is 14.0. The van der Waals surface area contributed by atoms with Crippen LogP contribution in [0, 0.1) is 20.8 Å². The largest absolute Gasteiger partial charge is 0.412 e. The Kier molecular flexibility index (Phi) is 9.50. The zero-order valence-electron chi connectivity index (χ0n) is 12.3.